The second kappa shape index (κ2) is 9.21. The van der Waals surface area contributed by atoms with Crippen LogP contribution in [0.25, 0.3) is 0 Å². The van der Waals surface area contributed by atoms with E-state index in [2.05, 4.69) is 5.32 Å². The third-order valence-electron chi connectivity index (χ3n) is 4.54. The van der Waals surface area contributed by atoms with E-state index in [4.69, 9.17) is 18.9 Å². The zero-order valence-corrected chi connectivity index (χ0v) is 16.5. The van der Waals surface area contributed by atoms with Crippen molar-refractivity contribution >= 4 is 6.03 Å². The second-order valence-corrected chi connectivity index (χ2v) is 6.38. The summed E-state index contributed by atoms with van der Waals surface area (Å²) in [7, 11) is 3.22. The Morgan fingerprint density at radius 2 is 1.79 bits per heavy atom. The monoisotopic (exact) mass is 386 g/mol. The molecule has 0 aromatic heterocycles. The Kier molecular flexibility index (Phi) is 6.47. The SMILES string of the molecule is CCNC(=O)N(CCc1ccc(OC)c(OC)c1)Cc1ccc2c(c1)OCO2. The number of hydrogen-bond acceptors (Lipinski definition) is 5. The lowest BCUT2D eigenvalue weighted by Gasteiger charge is -2.23. The van der Waals surface area contributed by atoms with Gasteiger partial charge in [0.05, 0.1) is 14.2 Å². The number of nitrogens with one attached hydrogen (secondary N) is 1. The highest BCUT2D eigenvalue weighted by molar-refractivity contribution is 5.74. The van der Waals surface area contributed by atoms with E-state index in [0.717, 1.165) is 16.9 Å². The standard InChI is InChI=1S/C21H26N2O5/c1-4-22-21(24)23(13-16-6-8-18-20(12-16)28-14-27-18)10-9-15-5-7-17(25-2)19(11-15)26-3/h5-8,11-12H,4,9-10,13-14H2,1-3H3,(H,22,24). The first-order valence-electron chi connectivity index (χ1n) is 9.26. The molecule has 0 unspecified atom stereocenters. The van der Waals surface area contributed by atoms with Crippen molar-refractivity contribution in [2.24, 2.45) is 0 Å². The van der Waals surface area contributed by atoms with Gasteiger partial charge in [-0.15, -0.1) is 0 Å². The van der Waals surface area contributed by atoms with Crippen molar-refractivity contribution in [3.8, 4) is 23.0 Å². The van der Waals surface area contributed by atoms with Crippen LogP contribution in [-0.2, 0) is 13.0 Å². The highest BCUT2D eigenvalue weighted by Gasteiger charge is 2.17. The van der Waals surface area contributed by atoms with Crippen molar-refractivity contribution in [1.29, 1.82) is 0 Å². The molecule has 2 aromatic carbocycles. The molecule has 1 aliphatic heterocycles. The van der Waals surface area contributed by atoms with E-state index in [1.54, 1.807) is 19.1 Å². The van der Waals surface area contributed by atoms with E-state index in [-0.39, 0.29) is 12.8 Å². The molecule has 7 nitrogen and oxygen atoms in total. The van der Waals surface area contributed by atoms with Crippen LogP contribution >= 0.6 is 0 Å². The maximum Gasteiger partial charge on any atom is 0.317 e. The van der Waals surface area contributed by atoms with Gasteiger partial charge >= 0.3 is 6.03 Å². The molecule has 0 bridgehead atoms. The summed E-state index contributed by atoms with van der Waals surface area (Å²) in [6, 6.07) is 11.5. The van der Waals surface area contributed by atoms with Crippen molar-refractivity contribution in [3.05, 3.63) is 47.5 Å². The molecule has 28 heavy (non-hydrogen) atoms. The minimum absolute atomic E-state index is 0.0966. The third kappa shape index (κ3) is 4.60. The van der Waals surface area contributed by atoms with E-state index in [1.165, 1.54) is 0 Å². The van der Waals surface area contributed by atoms with Crippen LogP contribution in [0, 0.1) is 0 Å². The molecule has 2 amide bonds. The number of amides is 2. The van der Waals surface area contributed by atoms with Gasteiger partial charge in [-0.1, -0.05) is 12.1 Å². The number of methoxy groups -OCH3 is 2. The molecule has 2 aromatic rings. The maximum atomic E-state index is 12.5. The van der Waals surface area contributed by atoms with Crippen molar-refractivity contribution in [1.82, 2.24) is 10.2 Å². The van der Waals surface area contributed by atoms with Crippen LogP contribution in [0.15, 0.2) is 36.4 Å². The molecule has 150 valence electrons. The minimum Gasteiger partial charge on any atom is -0.493 e. The average molecular weight is 386 g/mol. The summed E-state index contributed by atoms with van der Waals surface area (Å²) < 4.78 is 21.4. The average Bonchev–Trinajstić information content (AvgIpc) is 3.18. The first-order chi connectivity index (χ1) is 13.6. The highest BCUT2D eigenvalue weighted by Crippen LogP contribution is 2.33. The molecule has 0 saturated carbocycles. The number of carbonyl (C=O) groups excluding carboxylic acids is 1. The molecule has 0 saturated heterocycles. The molecule has 1 heterocycles. The van der Waals surface area contributed by atoms with Crippen LogP contribution in [0.4, 0.5) is 4.79 Å². The molecule has 1 N–H and O–H groups in total. The molecular formula is C21H26N2O5. The van der Waals surface area contributed by atoms with Gasteiger partial charge in [-0.3, -0.25) is 0 Å². The summed E-state index contributed by atoms with van der Waals surface area (Å²) in [5.74, 6) is 2.82. The number of urea groups is 1. The number of rotatable bonds is 8. The summed E-state index contributed by atoms with van der Waals surface area (Å²) in [6.07, 6.45) is 0.696. The van der Waals surface area contributed by atoms with Gasteiger partial charge in [0.2, 0.25) is 6.79 Å². The Balaban J connectivity index is 1.71. The van der Waals surface area contributed by atoms with Crippen LogP contribution < -0.4 is 24.3 Å². The Morgan fingerprint density at radius 1 is 1.04 bits per heavy atom. The predicted molar refractivity (Wildman–Crippen MR) is 105 cm³/mol. The lowest BCUT2D eigenvalue weighted by molar-refractivity contribution is 0.173. The molecule has 0 atom stereocenters. The van der Waals surface area contributed by atoms with Gasteiger partial charge in [0, 0.05) is 19.6 Å². The van der Waals surface area contributed by atoms with Gasteiger partial charge in [0.1, 0.15) is 0 Å². The van der Waals surface area contributed by atoms with Crippen molar-refractivity contribution < 1.29 is 23.7 Å². The largest absolute Gasteiger partial charge is 0.493 e. The quantitative estimate of drug-likeness (QED) is 0.755. The van der Waals surface area contributed by atoms with Crippen LogP contribution in [0.3, 0.4) is 0 Å². The van der Waals surface area contributed by atoms with Crippen molar-refractivity contribution in [2.75, 3.05) is 34.1 Å². The van der Waals surface area contributed by atoms with Gasteiger partial charge in [0.15, 0.2) is 23.0 Å². The lowest BCUT2D eigenvalue weighted by Crippen LogP contribution is -2.40. The molecular weight excluding hydrogens is 360 g/mol. The number of hydrogen-bond donors (Lipinski definition) is 1. The molecule has 0 spiro atoms. The van der Waals surface area contributed by atoms with Crippen molar-refractivity contribution in [3.63, 3.8) is 0 Å². The summed E-state index contributed by atoms with van der Waals surface area (Å²) >= 11 is 0. The second-order valence-electron chi connectivity index (χ2n) is 6.38. The number of benzene rings is 2. The summed E-state index contributed by atoms with van der Waals surface area (Å²) in [4.78, 5) is 14.3. The minimum atomic E-state index is -0.0966. The van der Waals surface area contributed by atoms with E-state index >= 15 is 0 Å². The zero-order valence-electron chi connectivity index (χ0n) is 16.5. The van der Waals surface area contributed by atoms with Gasteiger partial charge in [0.25, 0.3) is 0 Å². The molecule has 0 radical (unpaired) electrons. The smallest absolute Gasteiger partial charge is 0.317 e. The fraction of sp³-hybridized carbons (Fsp3) is 0.381. The van der Waals surface area contributed by atoms with Crippen LogP contribution in [0.2, 0.25) is 0 Å². The first kappa shape index (κ1) is 19.7. The predicted octanol–water partition coefficient (Wildman–Crippen LogP) is 3.21. The molecule has 3 rings (SSSR count). The van der Waals surface area contributed by atoms with Crippen LogP contribution in [0.1, 0.15) is 18.1 Å². The van der Waals surface area contributed by atoms with Gasteiger partial charge < -0.3 is 29.2 Å². The summed E-state index contributed by atoms with van der Waals surface area (Å²) in [6.45, 7) is 3.77. The first-order valence-corrected chi connectivity index (χ1v) is 9.26. The normalized spacial score (nSPS) is 11.8. The number of carbonyl (C=O) groups is 1. The fourth-order valence-corrected chi connectivity index (χ4v) is 3.08. The summed E-state index contributed by atoms with van der Waals surface area (Å²) in [5.41, 5.74) is 2.06. The molecule has 7 heteroatoms. The van der Waals surface area contributed by atoms with Gasteiger partial charge in [-0.2, -0.15) is 0 Å². The van der Waals surface area contributed by atoms with Crippen LogP contribution in [0.5, 0.6) is 23.0 Å². The third-order valence-corrected chi connectivity index (χ3v) is 4.54. The molecule has 1 aliphatic rings. The van der Waals surface area contributed by atoms with Gasteiger partial charge in [-0.25, -0.2) is 4.79 Å². The number of fused-ring (bicyclic) bond motifs is 1. The van der Waals surface area contributed by atoms with Crippen molar-refractivity contribution in [2.45, 2.75) is 19.9 Å². The van der Waals surface area contributed by atoms with E-state index in [0.29, 0.717) is 43.3 Å². The topological polar surface area (TPSA) is 69.3 Å². The Bertz CT molecular complexity index is 824. The number of nitrogens with zero attached hydrogens (tertiary/aromatic N) is 1. The van der Waals surface area contributed by atoms with E-state index < -0.39 is 0 Å². The van der Waals surface area contributed by atoms with E-state index in [9.17, 15) is 4.79 Å². The maximum absolute atomic E-state index is 12.5. The fourth-order valence-electron chi connectivity index (χ4n) is 3.08. The Hall–Kier alpha value is -3.09. The van der Waals surface area contributed by atoms with Crippen LogP contribution in [-0.4, -0.2) is 45.0 Å². The lowest BCUT2D eigenvalue weighted by atomic mass is 10.1. The number of ether oxygens (including phenoxy) is 4. The van der Waals surface area contributed by atoms with E-state index in [1.807, 2.05) is 43.3 Å². The Morgan fingerprint density at radius 3 is 2.54 bits per heavy atom. The zero-order chi connectivity index (χ0) is 19.9. The van der Waals surface area contributed by atoms with Gasteiger partial charge in [-0.05, 0) is 48.7 Å². The molecule has 0 aliphatic carbocycles. The molecule has 0 fully saturated rings. The summed E-state index contributed by atoms with van der Waals surface area (Å²) in [5, 5.41) is 2.88. The Labute approximate surface area is 165 Å². The highest BCUT2D eigenvalue weighted by atomic mass is 16.7.